The van der Waals surface area contributed by atoms with Gasteiger partial charge >= 0.3 is 0 Å². The average molecular weight is 194 g/mol. The van der Waals surface area contributed by atoms with E-state index in [0.29, 0.717) is 17.3 Å². The van der Waals surface area contributed by atoms with Gasteiger partial charge in [0.05, 0.1) is 6.20 Å². The van der Waals surface area contributed by atoms with Gasteiger partial charge < -0.3 is 10.6 Å². The van der Waals surface area contributed by atoms with Crippen LogP contribution >= 0.6 is 0 Å². The summed E-state index contributed by atoms with van der Waals surface area (Å²) in [4.78, 5) is 13.7. The standard InChI is InChI=1S/C9H14N4O/c1-6-2-3-13(5-6)9(14)7-4-11-12-8(7)10/h4,6H,2-3,5H2,1H3,(H3,10,11,12). The first kappa shape index (κ1) is 9.05. The molecule has 1 amide bonds. The number of likely N-dealkylation sites (tertiary alicyclic amines) is 1. The summed E-state index contributed by atoms with van der Waals surface area (Å²) in [5, 5.41) is 6.30. The number of H-pyrrole nitrogens is 1. The van der Waals surface area contributed by atoms with Crippen molar-refractivity contribution in [3.8, 4) is 0 Å². The van der Waals surface area contributed by atoms with E-state index in [1.165, 1.54) is 6.20 Å². The van der Waals surface area contributed by atoms with Gasteiger partial charge in [0.15, 0.2) is 0 Å². The van der Waals surface area contributed by atoms with Gasteiger partial charge in [-0.25, -0.2) is 0 Å². The van der Waals surface area contributed by atoms with Crippen LogP contribution in [-0.4, -0.2) is 34.1 Å². The first-order valence-electron chi connectivity index (χ1n) is 4.76. The highest BCUT2D eigenvalue weighted by Crippen LogP contribution is 2.19. The number of hydrogen-bond donors (Lipinski definition) is 2. The van der Waals surface area contributed by atoms with Crippen molar-refractivity contribution >= 4 is 11.7 Å². The van der Waals surface area contributed by atoms with Crippen LogP contribution in [0.25, 0.3) is 0 Å². The summed E-state index contributed by atoms with van der Waals surface area (Å²) in [7, 11) is 0. The molecule has 0 radical (unpaired) electrons. The molecule has 0 spiro atoms. The highest BCUT2D eigenvalue weighted by Gasteiger charge is 2.25. The quantitative estimate of drug-likeness (QED) is 0.682. The topological polar surface area (TPSA) is 75.0 Å². The van der Waals surface area contributed by atoms with E-state index < -0.39 is 0 Å². The molecule has 0 aromatic carbocycles. The van der Waals surface area contributed by atoms with Crippen LogP contribution in [0, 0.1) is 5.92 Å². The van der Waals surface area contributed by atoms with Crippen LogP contribution < -0.4 is 5.73 Å². The van der Waals surface area contributed by atoms with Gasteiger partial charge in [-0.3, -0.25) is 9.89 Å². The van der Waals surface area contributed by atoms with Crippen molar-refractivity contribution in [1.82, 2.24) is 15.1 Å². The number of nitrogens with zero attached hydrogens (tertiary/aromatic N) is 2. The fraction of sp³-hybridized carbons (Fsp3) is 0.556. The highest BCUT2D eigenvalue weighted by molar-refractivity contribution is 5.98. The lowest BCUT2D eigenvalue weighted by Crippen LogP contribution is -2.28. The maximum atomic E-state index is 11.9. The summed E-state index contributed by atoms with van der Waals surface area (Å²) in [6.45, 7) is 3.79. The molecule has 14 heavy (non-hydrogen) atoms. The zero-order chi connectivity index (χ0) is 10.1. The summed E-state index contributed by atoms with van der Waals surface area (Å²) >= 11 is 0. The Bertz CT molecular complexity index is 346. The first-order chi connectivity index (χ1) is 6.68. The summed E-state index contributed by atoms with van der Waals surface area (Å²) in [5.74, 6) is 0.933. The van der Waals surface area contributed by atoms with Gasteiger partial charge in [-0.15, -0.1) is 0 Å². The molecule has 1 saturated heterocycles. The lowest BCUT2D eigenvalue weighted by atomic mass is 10.2. The molecule has 1 aromatic rings. The van der Waals surface area contributed by atoms with Crippen molar-refractivity contribution in [1.29, 1.82) is 0 Å². The number of nitrogen functional groups attached to an aromatic ring is 1. The molecule has 1 aliphatic rings. The van der Waals surface area contributed by atoms with Crippen molar-refractivity contribution in [2.45, 2.75) is 13.3 Å². The molecule has 5 nitrogen and oxygen atoms in total. The van der Waals surface area contributed by atoms with Crippen LogP contribution in [-0.2, 0) is 0 Å². The molecule has 0 saturated carbocycles. The Labute approximate surface area is 82.3 Å². The van der Waals surface area contributed by atoms with E-state index in [1.54, 1.807) is 0 Å². The van der Waals surface area contributed by atoms with Crippen molar-refractivity contribution in [2.24, 2.45) is 5.92 Å². The Morgan fingerprint density at radius 3 is 3.07 bits per heavy atom. The van der Waals surface area contributed by atoms with E-state index in [0.717, 1.165) is 19.5 Å². The SMILES string of the molecule is CC1CCN(C(=O)c2cn[nH]c2N)C1. The Hall–Kier alpha value is -1.52. The second-order valence-electron chi connectivity index (χ2n) is 3.84. The fourth-order valence-electron chi connectivity index (χ4n) is 1.76. The van der Waals surface area contributed by atoms with Crippen LogP contribution in [0.5, 0.6) is 0 Å². The van der Waals surface area contributed by atoms with E-state index in [-0.39, 0.29) is 5.91 Å². The van der Waals surface area contributed by atoms with Crippen molar-refractivity contribution < 1.29 is 4.79 Å². The number of amides is 1. The van der Waals surface area contributed by atoms with Gasteiger partial charge in [0.2, 0.25) is 0 Å². The third-order valence-corrected chi connectivity index (χ3v) is 2.61. The van der Waals surface area contributed by atoms with E-state index in [1.807, 2.05) is 4.90 Å². The van der Waals surface area contributed by atoms with E-state index in [2.05, 4.69) is 17.1 Å². The number of anilines is 1. The smallest absolute Gasteiger partial charge is 0.259 e. The summed E-state index contributed by atoms with van der Waals surface area (Å²) in [5.41, 5.74) is 6.06. The lowest BCUT2D eigenvalue weighted by molar-refractivity contribution is 0.0789. The van der Waals surface area contributed by atoms with Gasteiger partial charge in [-0.05, 0) is 12.3 Å². The second kappa shape index (κ2) is 3.32. The zero-order valence-corrected chi connectivity index (χ0v) is 8.16. The number of rotatable bonds is 1. The Balaban J connectivity index is 2.13. The van der Waals surface area contributed by atoms with E-state index >= 15 is 0 Å². The minimum atomic E-state index is -0.0133. The second-order valence-corrected chi connectivity index (χ2v) is 3.84. The number of aromatic amines is 1. The first-order valence-corrected chi connectivity index (χ1v) is 4.76. The number of nitrogens with one attached hydrogen (secondary N) is 1. The minimum Gasteiger partial charge on any atom is -0.383 e. The molecule has 0 bridgehead atoms. The Morgan fingerprint density at radius 2 is 2.57 bits per heavy atom. The average Bonchev–Trinajstić information content (AvgIpc) is 2.73. The maximum Gasteiger partial charge on any atom is 0.259 e. The number of hydrogen-bond acceptors (Lipinski definition) is 3. The molecule has 1 aliphatic heterocycles. The minimum absolute atomic E-state index is 0.0133. The summed E-state index contributed by atoms with van der Waals surface area (Å²) in [6.07, 6.45) is 2.56. The molecule has 1 unspecified atom stereocenters. The molecule has 5 heteroatoms. The molecule has 1 atom stereocenters. The fourth-order valence-corrected chi connectivity index (χ4v) is 1.76. The molecule has 0 aliphatic carbocycles. The van der Waals surface area contributed by atoms with E-state index in [4.69, 9.17) is 5.73 Å². The maximum absolute atomic E-state index is 11.9. The third-order valence-electron chi connectivity index (χ3n) is 2.61. The van der Waals surface area contributed by atoms with Gasteiger partial charge in [-0.1, -0.05) is 6.92 Å². The van der Waals surface area contributed by atoms with Crippen LogP contribution in [0.3, 0.4) is 0 Å². The number of carbonyl (C=O) groups is 1. The Morgan fingerprint density at radius 1 is 1.79 bits per heavy atom. The normalized spacial score (nSPS) is 21.5. The summed E-state index contributed by atoms with van der Waals surface area (Å²) in [6, 6.07) is 0. The van der Waals surface area contributed by atoms with E-state index in [9.17, 15) is 4.79 Å². The molecule has 76 valence electrons. The van der Waals surface area contributed by atoms with Crippen LogP contribution in [0.4, 0.5) is 5.82 Å². The molecular weight excluding hydrogens is 180 g/mol. The molecule has 2 heterocycles. The molecule has 1 fully saturated rings. The van der Waals surface area contributed by atoms with Gasteiger partial charge in [0.25, 0.3) is 5.91 Å². The zero-order valence-electron chi connectivity index (χ0n) is 8.16. The summed E-state index contributed by atoms with van der Waals surface area (Å²) < 4.78 is 0. The molecule has 1 aromatic heterocycles. The van der Waals surface area contributed by atoms with Crippen LogP contribution in [0.2, 0.25) is 0 Å². The van der Waals surface area contributed by atoms with Crippen molar-refractivity contribution in [3.05, 3.63) is 11.8 Å². The predicted molar refractivity (Wildman–Crippen MR) is 52.7 cm³/mol. The Kier molecular flexibility index (Phi) is 2.15. The predicted octanol–water partition coefficient (Wildman–Crippen LogP) is 0.474. The number of aromatic nitrogens is 2. The molecule has 2 rings (SSSR count). The number of nitrogens with two attached hydrogens (primary N) is 1. The number of carbonyl (C=O) groups excluding carboxylic acids is 1. The van der Waals surface area contributed by atoms with Crippen LogP contribution in [0.1, 0.15) is 23.7 Å². The monoisotopic (exact) mass is 194 g/mol. The molecular formula is C9H14N4O. The molecule has 3 N–H and O–H groups in total. The highest BCUT2D eigenvalue weighted by atomic mass is 16.2. The van der Waals surface area contributed by atoms with Gasteiger partial charge in [-0.2, -0.15) is 5.10 Å². The van der Waals surface area contributed by atoms with Crippen LogP contribution in [0.15, 0.2) is 6.20 Å². The van der Waals surface area contributed by atoms with Crippen molar-refractivity contribution in [3.63, 3.8) is 0 Å². The van der Waals surface area contributed by atoms with Gasteiger partial charge in [0.1, 0.15) is 11.4 Å². The van der Waals surface area contributed by atoms with Gasteiger partial charge in [0, 0.05) is 13.1 Å². The third kappa shape index (κ3) is 1.45. The lowest BCUT2D eigenvalue weighted by Gasteiger charge is -2.14. The van der Waals surface area contributed by atoms with Crippen molar-refractivity contribution in [2.75, 3.05) is 18.8 Å². The largest absolute Gasteiger partial charge is 0.383 e.